The maximum Gasteiger partial charge on any atom is 0.272 e. The summed E-state index contributed by atoms with van der Waals surface area (Å²) in [5, 5.41) is 19.5. The highest BCUT2D eigenvalue weighted by Crippen LogP contribution is 2.27. The first-order valence-electron chi connectivity index (χ1n) is 5.35. The van der Waals surface area contributed by atoms with Crippen LogP contribution in [0.3, 0.4) is 0 Å². The summed E-state index contributed by atoms with van der Waals surface area (Å²) in [5.41, 5.74) is 5.76. The van der Waals surface area contributed by atoms with Gasteiger partial charge in [-0.25, -0.2) is 0 Å². The number of benzene rings is 1. The molecule has 1 atom stereocenters. The molecule has 0 amide bonds. The first kappa shape index (κ1) is 13.9. The Balaban J connectivity index is 2.96. The van der Waals surface area contributed by atoms with Crippen molar-refractivity contribution in [2.24, 2.45) is 5.73 Å². The first-order chi connectivity index (χ1) is 8.26. The highest BCUT2D eigenvalue weighted by atomic mass is 16.6. The van der Waals surface area contributed by atoms with Gasteiger partial charge in [0.25, 0.3) is 5.69 Å². The summed E-state index contributed by atoms with van der Waals surface area (Å²) >= 11 is 0. The zero-order valence-electron chi connectivity index (χ0n) is 10.6. The van der Waals surface area contributed by atoms with Crippen LogP contribution >= 0.6 is 0 Å². The molecule has 2 N–H and O–H groups in total. The van der Waals surface area contributed by atoms with E-state index in [1.54, 1.807) is 26.8 Å². The Kier molecular flexibility index (Phi) is 3.89. The Labute approximate surface area is 105 Å². The average molecular weight is 249 g/mol. The Bertz CT molecular complexity index is 518. The van der Waals surface area contributed by atoms with E-state index in [1.807, 2.05) is 6.07 Å². The molecule has 96 valence electrons. The van der Waals surface area contributed by atoms with E-state index in [9.17, 15) is 10.1 Å². The number of nitrogens with zero attached hydrogens (tertiary/aromatic N) is 2. The standard InChI is InChI=1S/C12H15N3O3/c1-8-5-11(18-7-12(3,14)6-13)9(2)4-10(8)15(16)17/h4-5H,7,14H2,1-3H3. The summed E-state index contributed by atoms with van der Waals surface area (Å²) in [6, 6.07) is 4.95. The molecule has 0 spiro atoms. The van der Waals surface area contributed by atoms with Gasteiger partial charge in [-0.2, -0.15) is 5.26 Å². The van der Waals surface area contributed by atoms with E-state index < -0.39 is 10.5 Å². The van der Waals surface area contributed by atoms with Gasteiger partial charge in [0, 0.05) is 11.6 Å². The van der Waals surface area contributed by atoms with Gasteiger partial charge >= 0.3 is 0 Å². The van der Waals surface area contributed by atoms with Gasteiger partial charge in [-0.05, 0) is 32.4 Å². The second-order valence-corrected chi connectivity index (χ2v) is 4.48. The van der Waals surface area contributed by atoms with Crippen molar-refractivity contribution in [3.8, 4) is 11.8 Å². The van der Waals surface area contributed by atoms with Crippen molar-refractivity contribution in [2.45, 2.75) is 26.3 Å². The normalized spacial score (nSPS) is 13.5. The smallest absolute Gasteiger partial charge is 0.272 e. The Hall–Kier alpha value is -2.13. The van der Waals surface area contributed by atoms with Gasteiger partial charge in [0.1, 0.15) is 17.9 Å². The van der Waals surface area contributed by atoms with Gasteiger partial charge < -0.3 is 10.5 Å². The molecule has 0 aliphatic rings. The van der Waals surface area contributed by atoms with Gasteiger partial charge in [0.05, 0.1) is 11.0 Å². The second-order valence-electron chi connectivity index (χ2n) is 4.48. The number of nitro benzene ring substituents is 1. The molecular weight excluding hydrogens is 234 g/mol. The van der Waals surface area contributed by atoms with Crippen molar-refractivity contribution in [3.63, 3.8) is 0 Å². The molecule has 0 fully saturated rings. The van der Waals surface area contributed by atoms with E-state index in [0.717, 1.165) is 0 Å². The molecule has 1 rings (SSSR count). The van der Waals surface area contributed by atoms with Crippen LogP contribution < -0.4 is 10.5 Å². The van der Waals surface area contributed by atoms with Crippen LogP contribution in [0.5, 0.6) is 5.75 Å². The molecular formula is C12H15N3O3. The minimum Gasteiger partial charge on any atom is -0.490 e. The molecule has 18 heavy (non-hydrogen) atoms. The Morgan fingerprint density at radius 3 is 2.61 bits per heavy atom. The molecule has 0 radical (unpaired) electrons. The number of ether oxygens (including phenoxy) is 1. The summed E-state index contributed by atoms with van der Waals surface area (Å²) in [6.45, 7) is 4.93. The van der Waals surface area contributed by atoms with Crippen LogP contribution in [0.2, 0.25) is 0 Å². The quantitative estimate of drug-likeness (QED) is 0.647. The molecule has 1 unspecified atom stereocenters. The van der Waals surface area contributed by atoms with Crippen LogP contribution in [-0.2, 0) is 0 Å². The minimum absolute atomic E-state index is 0.0294. The molecule has 0 aromatic heterocycles. The predicted molar refractivity (Wildman–Crippen MR) is 66.3 cm³/mol. The highest BCUT2D eigenvalue weighted by Gasteiger charge is 2.20. The lowest BCUT2D eigenvalue weighted by molar-refractivity contribution is -0.385. The van der Waals surface area contributed by atoms with E-state index in [-0.39, 0.29) is 12.3 Å². The van der Waals surface area contributed by atoms with Gasteiger partial charge in [-0.1, -0.05) is 0 Å². The predicted octanol–water partition coefficient (Wildman–Crippen LogP) is 1.83. The molecule has 6 nitrogen and oxygen atoms in total. The number of hydrogen-bond acceptors (Lipinski definition) is 5. The Morgan fingerprint density at radius 1 is 1.50 bits per heavy atom. The van der Waals surface area contributed by atoms with Gasteiger partial charge in [0.15, 0.2) is 0 Å². The van der Waals surface area contributed by atoms with E-state index >= 15 is 0 Å². The largest absolute Gasteiger partial charge is 0.490 e. The van der Waals surface area contributed by atoms with Crippen molar-refractivity contribution >= 4 is 5.69 Å². The number of nitrogens with two attached hydrogens (primary N) is 1. The molecule has 0 aliphatic carbocycles. The summed E-state index contributed by atoms with van der Waals surface area (Å²) < 4.78 is 5.44. The first-order valence-corrected chi connectivity index (χ1v) is 5.35. The third-order valence-corrected chi connectivity index (χ3v) is 2.47. The highest BCUT2D eigenvalue weighted by molar-refractivity contribution is 5.49. The SMILES string of the molecule is Cc1cc([N+](=O)[O-])c(C)cc1OCC(C)(N)C#N. The van der Waals surface area contributed by atoms with Gasteiger partial charge in [-0.3, -0.25) is 10.1 Å². The average Bonchev–Trinajstić information content (AvgIpc) is 2.29. The van der Waals surface area contributed by atoms with Crippen molar-refractivity contribution in [3.05, 3.63) is 33.4 Å². The molecule has 0 bridgehead atoms. The fraction of sp³-hybridized carbons (Fsp3) is 0.417. The van der Waals surface area contributed by atoms with Gasteiger partial charge in [0.2, 0.25) is 0 Å². The number of aryl methyl sites for hydroxylation is 2. The van der Waals surface area contributed by atoms with Gasteiger partial charge in [-0.15, -0.1) is 0 Å². The van der Waals surface area contributed by atoms with Crippen LogP contribution in [-0.4, -0.2) is 17.1 Å². The number of hydrogen-bond donors (Lipinski definition) is 1. The zero-order valence-corrected chi connectivity index (χ0v) is 10.6. The van der Waals surface area contributed by atoms with Crippen molar-refractivity contribution in [1.82, 2.24) is 0 Å². The summed E-state index contributed by atoms with van der Waals surface area (Å²) in [7, 11) is 0. The summed E-state index contributed by atoms with van der Waals surface area (Å²) in [6.07, 6.45) is 0. The van der Waals surface area contributed by atoms with E-state index in [4.69, 9.17) is 15.7 Å². The van der Waals surface area contributed by atoms with Crippen molar-refractivity contribution < 1.29 is 9.66 Å². The fourth-order valence-electron chi connectivity index (χ4n) is 1.39. The molecule has 0 aliphatic heterocycles. The van der Waals surface area contributed by atoms with Crippen LogP contribution in [0.25, 0.3) is 0 Å². The molecule has 0 saturated heterocycles. The van der Waals surface area contributed by atoms with E-state index in [2.05, 4.69) is 0 Å². The van der Waals surface area contributed by atoms with Crippen LogP contribution in [0.15, 0.2) is 12.1 Å². The third-order valence-electron chi connectivity index (χ3n) is 2.47. The molecule has 6 heteroatoms. The molecule has 1 aromatic rings. The lowest BCUT2D eigenvalue weighted by atomic mass is 10.1. The summed E-state index contributed by atoms with van der Waals surface area (Å²) in [4.78, 5) is 10.3. The third kappa shape index (κ3) is 3.18. The minimum atomic E-state index is -1.08. The maximum atomic E-state index is 10.8. The van der Waals surface area contributed by atoms with Crippen molar-refractivity contribution in [1.29, 1.82) is 5.26 Å². The lowest BCUT2D eigenvalue weighted by Crippen LogP contribution is -2.40. The topological polar surface area (TPSA) is 102 Å². The van der Waals surface area contributed by atoms with Crippen LogP contribution in [0, 0.1) is 35.3 Å². The van der Waals surface area contributed by atoms with Crippen LogP contribution in [0.4, 0.5) is 5.69 Å². The Morgan fingerprint density at radius 2 is 2.11 bits per heavy atom. The number of nitriles is 1. The fourth-order valence-corrected chi connectivity index (χ4v) is 1.39. The number of nitro groups is 1. The zero-order chi connectivity index (χ0) is 13.9. The monoisotopic (exact) mass is 249 g/mol. The summed E-state index contributed by atoms with van der Waals surface area (Å²) in [5.74, 6) is 0.505. The second kappa shape index (κ2) is 5.02. The van der Waals surface area contributed by atoms with Crippen molar-refractivity contribution in [2.75, 3.05) is 6.61 Å². The van der Waals surface area contributed by atoms with Crippen LogP contribution in [0.1, 0.15) is 18.1 Å². The lowest BCUT2D eigenvalue weighted by Gasteiger charge is -2.17. The molecule has 1 aromatic carbocycles. The maximum absolute atomic E-state index is 10.8. The molecule has 0 heterocycles. The molecule has 0 saturated carbocycles. The number of rotatable bonds is 4. The van der Waals surface area contributed by atoms with E-state index in [1.165, 1.54) is 6.07 Å². The van der Waals surface area contributed by atoms with E-state index in [0.29, 0.717) is 16.9 Å².